The lowest BCUT2D eigenvalue weighted by molar-refractivity contribution is -0.929. The van der Waals surface area contributed by atoms with Crippen molar-refractivity contribution in [3.05, 3.63) is 59.7 Å². The summed E-state index contributed by atoms with van der Waals surface area (Å²) in [5.74, 6) is -2.94. The summed E-state index contributed by atoms with van der Waals surface area (Å²) in [6.07, 6.45) is 11.1. The van der Waals surface area contributed by atoms with Crippen molar-refractivity contribution in [3.63, 3.8) is 0 Å². The van der Waals surface area contributed by atoms with Gasteiger partial charge in [-0.05, 0) is 43.9 Å². The van der Waals surface area contributed by atoms with E-state index in [0.29, 0.717) is 0 Å². The molecule has 0 aliphatic heterocycles. The van der Waals surface area contributed by atoms with E-state index in [1.165, 1.54) is 118 Å². The molecule has 0 fully saturated rings. The smallest absolute Gasteiger partial charge is 0.339 e. The summed E-state index contributed by atoms with van der Waals surface area (Å²) in [5, 5.41) is 36.4. The van der Waals surface area contributed by atoms with Gasteiger partial charge < -0.3 is 24.9 Å². The third-order valence-electron chi connectivity index (χ3n) is 6.20. The van der Waals surface area contributed by atoms with Crippen LogP contribution in [-0.2, 0) is 0 Å². The number of quaternary nitrogens is 1. The molecule has 0 radical (unpaired) electrons. The van der Waals surface area contributed by atoms with Gasteiger partial charge >= 0.3 is 11.9 Å². The van der Waals surface area contributed by atoms with Crippen LogP contribution >= 0.6 is 0 Å². The van der Waals surface area contributed by atoms with Crippen molar-refractivity contribution in [1.29, 1.82) is 0 Å². The van der Waals surface area contributed by atoms with Gasteiger partial charge in [-0.3, -0.25) is 0 Å². The first-order chi connectivity index (χ1) is 17.7. The number of hydrogen-bond acceptors (Lipinski definition) is 4. The fourth-order valence-electron chi connectivity index (χ4n) is 3.94. The lowest BCUT2D eigenvalue weighted by Crippen LogP contribution is -2.50. The first-order valence-corrected chi connectivity index (χ1v) is 13.5. The summed E-state index contributed by atoms with van der Waals surface area (Å²) >= 11 is 0. The zero-order valence-electron chi connectivity index (χ0n) is 23.1. The molecule has 0 heterocycles. The average molecular weight is 518 g/mol. The molecule has 7 heteroatoms. The molecule has 7 nitrogen and oxygen atoms in total. The maximum absolute atomic E-state index is 10.7. The van der Waals surface area contributed by atoms with E-state index in [2.05, 4.69) is 27.7 Å². The van der Waals surface area contributed by atoms with E-state index in [4.69, 9.17) is 15.3 Å². The number of unbranched alkanes of at least 4 members (excludes halogenated alkanes) is 4. The molecular weight excluding hydrogens is 470 g/mol. The average Bonchev–Trinajstić information content (AvgIpc) is 2.89. The number of aromatic hydroxyl groups is 1. The predicted octanol–water partition coefficient (Wildman–Crippen LogP) is 6.55. The number of benzene rings is 2. The van der Waals surface area contributed by atoms with Gasteiger partial charge in [0.25, 0.3) is 0 Å². The van der Waals surface area contributed by atoms with E-state index in [-0.39, 0.29) is 16.9 Å². The Bertz CT molecular complexity index is 806. The molecule has 2 aromatic carbocycles. The van der Waals surface area contributed by atoms with E-state index in [9.17, 15) is 14.7 Å². The van der Waals surface area contributed by atoms with Gasteiger partial charge in [0, 0.05) is 0 Å². The van der Waals surface area contributed by atoms with Gasteiger partial charge in [0.15, 0.2) is 0 Å². The van der Waals surface area contributed by atoms with Crippen LogP contribution in [-0.4, -0.2) is 57.9 Å². The normalized spacial score (nSPS) is 10.5. The molecule has 2 aromatic rings. The molecule has 0 amide bonds. The molecule has 0 saturated heterocycles. The van der Waals surface area contributed by atoms with E-state index in [1.54, 1.807) is 12.1 Å². The highest BCUT2D eigenvalue weighted by atomic mass is 16.4. The SMILES string of the molecule is CCCC[N+](CCCC)(CCCC)CCCC.O=C(O)c1ccccc1O.O=C(O)c1ccccc1[O-]. The van der Waals surface area contributed by atoms with Crippen molar-refractivity contribution in [3.8, 4) is 11.5 Å². The Hall–Kier alpha value is -3.06. The topological polar surface area (TPSA) is 118 Å². The zero-order chi connectivity index (χ0) is 28.1. The highest BCUT2D eigenvalue weighted by Gasteiger charge is 2.24. The van der Waals surface area contributed by atoms with Crippen molar-refractivity contribution < 1.29 is 34.5 Å². The number of aromatic carboxylic acids is 2. The van der Waals surface area contributed by atoms with Gasteiger partial charge in [-0.15, -0.1) is 0 Å². The molecule has 0 aliphatic carbocycles. The Morgan fingerprint density at radius 2 is 1.00 bits per heavy atom. The second-order valence-corrected chi connectivity index (χ2v) is 9.27. The Labute approximate surface area is 223 Å². The minimum atomic E-state index is -1.18. The van der Waals surface area contributed by atoms with Crippen LogP contribution < -0.4 is 5.11 Å². The summed E-state index contributed by atoms with van der Waals surface area (Å²) in [7, 11) is 0. The van der Waals surface area contributed by atoms with E-state index < -0.39 is 17.7 Å². The van der Waals surface area contributed by atoms with Crippen LogP contribution in [0.25, 0.3) is 0 Å². The maximum Gasteiger partial charge on any atom is 0.339 e. The van der Waals surface area contributed by atoms with Crippen molar-refractivity contribution >= 4 is 11.9 Å². The Balaban J connectivity index is 0.000000555. The zero-order valence-corrected chi connectivity index (χ0v) is 23.1. The number of para-hydroxylation sites is 2. The van der Waals surface area contributed by atoms with Gasteiger partial charge in [-0.25, -0.2) is 9.59 Å². The van der Waals surface area contributed by atoms with Crippen LogP contribution in [0.1, 0.15) is 99.8 Å². The fourth-order valence-corrected chi connectivity index (χ4v) is 3.94. The van der Waals surface area contributed by atoms with Crippen molar-refractivity contribution in [1.82, 2.24) is 0 Å². The molecule has 0 bridgehead atoms. The number of carboxylic acid groups (broad SMARTS) is 2. The summed E-state index contributed by atoms with van der Waals surface area (Å²) in [5.41, 5.74) is -0.245. The number of nitrogens with zero attached hydrogens (tertiary/aromatic N) is 1. The van der Waals surface area contributed by atoms with Crippen LogP contribution in [0.3, 0.4) is 0 Å². The number of phenols is 1. The van der Waals surface area contributed by atoms with Crippen LogP contribution in [0.15, 0.2) is 48.5 Å². The highest BCUT2D eigenvalue weighted by molar-refractivity contribution is 5.90. The summed E-state index contributed by atoms with van der Waals surface area (Å²) < 4.78 is 1.42. The summed E-state index contributed by atoms with van der Waals surface area (Å²) in [6, 6.07) is 11.3. The van der Waals surface area contributed by atoms with Gasteiger partial charge in [0.2, 0.25) is 0 Å². The third-order valence-corrected chi connectivity index (χ3v) is 6.20. The second kappa shape index (κ2) is 20.0. The summed E-state index contributed by atoms with van der Waals surface area (Å²) in [4.78, 5) is 20.5. The van der Waals surface area contributed by atoms with Gasteiger partial charge in [-0.1, -0.05) is 89.5 Å². The molecular formula is C30H47NO6. The van der Waals surface area contributed by atoms with E-state index in [0.717, 1.165) is 0 Å². The second-order valence-electron chi connectivity index (χ2n) is 9.27. The van der Waals surface area contributed by atoms with Crippen LogP contribution in [0.5, 0.6) is 11.5 Å². The van der Waals surface area contributed by atoms with Gasteiger partial charge in [0.1, 0.15) is 11.3 Å². The minimum absolute atomic E-state index is 0.0671. The Kier molecular flexibility index (Phi) is 18.4. The van der Waals surface area contributed by atoms with Crippen molar-refractivity contribution in [2.45, 2.75) is 79.1 Å². The maximum atomic E-state index is 10.7. The molecule has 0 unspecified atom stereocenters. The number of carbonyl (C=O) groups is 2. The van der Waals surface area contributed by atoms with Crippen molar-refractivity contribution in [2.75, 3.05) is 26.2 Å². The number of rotatable bonds is 14. The number of hydrogen-bond donors (Lipinski definition) is 3. The quantitative estimate of drug-likeness (QED) is 0.245. The van der Waals surface area contributed by atoms with Crippen LogP contribution in [0, 0.1) is 0 Å². The van der Waals surface area contributed by atoms with Gasteiger partial charge in [0.05, 0.1) is 31.7 Å². The molecule has 0 atom stereocenters. The molecule has 0 aliphatic rings. The molecule has 3 N–H and O–H groups in total. The molecule has 0 saturated carbocycles. The van der Waals surface area contributed by atoms with Crippen LogP contribution in [0.2, 0.25) is 0 Å². The number of carboxylic acids is 2. The van der Waals surface area contributed by atoms with Crippen LogP contribution in [0.4, 0.5) is 0 Å². The summed E-state index contributed by atoms with van der Waals surface area (Å²) in [6.45, 7) is 15.0. The first kappa shape index (κ1) is 33.9. The highest BCUT2D eigenvalue weighted by Crippen LogP contribution is 2.17. The lowest BCUT2D eigenvalue weighted by atomic mass is 10.1. The third kappa shape index (κ3) is 14.3. The fraction of sp³-hybridized carbons (Fsp3) is 0.533. The standard InChI is InChI=1S/C16H36N.2C7H6O3/c1-5-9-13-17(14-10-6-2,15-11-7-3)16-12-8-4;2*8-6-4-2-1-3-5(6)7(9)10/h5-16H2,1-4H3;2*1-4,8H,(H,9,10)/q+1;;/p-1. The van der Waals surface area contributed by atoms with Crippen molar-refractivity contribution in [2.24, 2.45) is 0 Å². The largest absolute Gasteiger partial charge is 0.872 e. The lowest BCUT2D eigenvalue weighted by Gasteiger charge is -2.39. The molecule has 0 aromatic heterocycles. The monoisotopic (exact) mass is 517 g/mol. The van der Waals surface area contributed by atoms with E-state index >= 15 is 0 Å². The molecule has 37 heavy (non-hydrogen) atoms. The predicted molar refractivity (Wildman–Crippen MR) is 147 cm³/mol. The first-order valence-electron chi connectivity index (χ1n) is 13.5. The minimum Gasteiger partial charge on any atom is -0.872 e. The van der Waals surface area contributed by atoms with Gasteiger partial charge in [-0.2, -0.15) is 0 Å². The molecule has 0 spiro atoms. The van der Waals surface area contributed by atoms with E-state index in [1.807, 2.05) is 0 Å². The Morgan fingerprint density at radius 3 is 1.27 bits per heavy atom. The Morgan fingerprint density at radius 1 is 0.649 bits per heavy atom. The molecule has 208 valence electrons. The molecule has 2 rings (SSSR count).